The van der Waals surface area contributed by atoms with E-state index in [2.05, 4.69) is 18.5 Å². The summed E-state index contributed by atoms with van der Waals surface area (Å²) >= 11 is 0. The third kappa shape index (κ3) is 4.59. The Labute approximate surface area is 99.4 Å². The molecule has 1 heterocycles. The van der Waals surface area contributed by atoms with E-state index in [-0.39, 0.29) is 5.57 Å². The molecule has 0 spiro atoms. The van der Waals surface area contributed by atoms with Gasteiger partial charge in [-0.2, -0.15) is 0 Å². The van der Waals surface area contributed by atoms with Crippen LogP contribution in [0, 0.1) is 5.92 Å². The molecular weight excluding hydrogens is 227 g/mol. The Hall–Kier alpha value is -1.32. The zero-order chi connectivity index (χ0) is 12.8. The summed E-state index contributed by atoms with van der Waals surface area (Å²) in [6.45, 7) is 4.60. The number of halogens is 3. The first-order chi connectivity index (χ1) is 8.02. The molecule has 0 radical (unpaired) electrons. The monoisotopic (exact) mass is 243 g/mol. The second kappa shape index (κ2) is 6.42. The number of rotatable bonds is 4. The number of aliphatic imine (C=N–C) groups is 1. The van der Waals surface area contributed by atoms with Crippen LogP contribution in [0.3, 0.4) is 0 Å². The highest BCUT2D eigenvalue weighted by Gasteiger charge is 2.14. The number of alkyl halides is 1. The summed E-state index contributed by atoms with van der Waals surface area (Å²) in [7, 11) is 0. The van der Waals surface area contributed by atoms with Gasteiger partial charge in [-0.3, -0.25) is 4.99 Å². The zero-order valence-corrected chi connectivity index (χ0v) is 9.85. The molecule has 94 valence electrons. The molecule has 0 fully saturated rings. The van der Waals surface area contributed by atoms with Gasteiger partial charge in [-0.1, -0.05) is 13.5 Å². The van der Waals surface area contributed by atoms with Crippen molar-refractivity contribution in [3.05, 3.63) is 36.0 Å². The SMILES string of the molecule is C=C(F)/C=C(\C=C(\F)CF)C1=NCC(C)CC1. The Morgan fingerprint density at radius 3 is 2.65 bits per heavy atom. The molecule has 0 saturated carbocycles. The Morgan fingerprint density at radius 1 is 1.47 bits per heavy atom. The first-order valence-electron chi connectivity index (χ1n) is 5.54. The van der Waals surface area contributed by atoms with Crippen LogP contribution in [0.1, 0.15) is 19.8 Å². The van der Waals surface area contributed by atoms with Gasteiger partial charge in [0.1, 0.15) is 18.3 Å². The van der Waals surface area contributed by atoms with Gasteiger partial charge in [0, 0.05) is 17.8 Å². The highest BCUT2D eigenvalue weighted by atomic mass is 19.2. The molecule has 1 nitrogen and oxygen atoms in total. The van der Waals surface area contributed by atoms with Crippen LogP contribution in [0.25, 0.3) is 0 Å². The van der Waals surface area contributed by atoms with Crippen LogP contribution in [0.2, 0.25) is 0 Å². The topological polar surface area (TPSA) is 12.4 Å². The van der Waals surface area contributed by atoms with E-state index in [0.717, 1.165) is 18.6 Å². The van der Waals surface area contributed by atoms with Crippen molar-refractivity contribution in [1.82, 2.24) is 0 Å². The summed E-state index contributed by atoms with van der Waals surface area (Å²) in [6, 6.07) is 0. The first kappa shape index (κ1) is 13.7. The van der Waals surface area contributed by atoms with Crippen molar-refractivity contribution in [2.24, 2.45) is 10.9 Å². The molecule has 0 bridgehead atoms. The van der Waals surface area contributed by atoms with Crippen LogP contribution >= 0.6 is 0 Å². The smallest absolute Gasteiger partial charge is 0.141 e. The molecule has 1 unspecified atom stereocenters. The average molecular weight is 243 g/mol. The molecule has 0 aromatic rings. The van der Waals surface area contributed by atoms with Crippen molar-refractivity contribution in [2.45, 2.75) is 19.8 Å². The van der Waals surface area contributed by atoms with Gasteiger partial charge < -0.3 is 0 Å². The van der Waals surface area contributed by atoms with Crippen molar-refractivity contribution in [3.63, 3.8) is 0 Å². The van der Waals surface area contributed by atoms with Crippen LogP contribution in [-0.2, 0) is 0 Å². The van der Waals surface area contributed by atoms with Crippen LogP contribution in [-0.4, -0.2) is 18.9 Å². The molecule has 0 aliphatic carbocycles. The minimum Gasteiger partial charge on any atom is -0.289 e. The zero-order valence-electron chi connectivity index (χ0n) is 9.85. The van der Waals surface area contributed by atoms with Gasteiger partial charge in [-0.25, -0.2) is 13.2 Å². The second-order valence-corrected chi connectivity index (χ2v) is 4.20. The predicted octanol–water partition coefficient (Wildman–Crippen LogP) is 4.09. The summed E-state index contributed by atoms with van der Waals surface area (Å²) in [4.78, 5) is 4.26. The minimum absolute atomic E-state index is 0.277. The fraction of sp³-hybridized carbons (Fsp3) is 0.462. The molecule has 0 aromatic carbocycles. The van der Waals surface area contributed by atoms with Crippen LogP contribution in [0.5, 0.6) is 0 Å². The third-order valence-corrected chi connectivity index (χ3v) is 2.55. The molecule has 1 rings (SSSR count). The average Bonchev–Trinajstić information content (AvgIpc) is 2.28. The van der Waals surface area contributed by atoms with E-state index in [1.807, 2.05) is 0 Å². The maximum atomic E-state index is 12.9. The molecule has 0 N–H and O–H groups in total. The Balaban J connectivity index is 2.96. The van der Waals surface area contributed by atoms with Gasteiger partial charge >= 0.3 is 0 Å². The van der Waals surface area contributed by atoms with Gasteiger partial charge in [0.05, 0.1) is 0 Å². The highest BCUT2D eigenvalue weighted by molar-refractivity contribution is 6.03. The lowest BCUT2D eigenvalue weighted by Crippen LogP contribution is -2.14. The van der Waals surface area contributed by atoms with Gasteiger partial charge in [-0.15, -0.1) is 0 Å². The van der Waals surface area contributed by atoms with E-state index in [0.29, 0.717) is 24.6 Å². The van der Waals surface area contributed by atoms with Gasteiger partial charge in [0.25, 0.3) is 0 Å². The Bertz CT molecular complexity index is 380. The van der Waals surface area contributed by atoms with Gasteiger partial charge in [0.2, 0.25) is 0 Å². The Kier molecular flexibility index (Phi) is 5.19. The van der Waals surface area contributed by atoms with Gasteiger partial charge in [0.15, 0.2) is 0 Å². The van der Waals surface area contributed by atoms with E-state index in [1.54, 1.807) is 0 Å². The summed E-state index contributed by atoms with van der Waals surface area (Å²) in [5, 5.41) is 0. The molecule has 4 heteroatoms. The number of hydrogen-bond acceptors (Lipinski definition) is 1. The van der Waals surface area contributed by atoms with Crippen LogP contribution in [0.4, 0.5) is 13.2 Å². The fourth-order valence-electron chi connectivity index (χ4n) is 1.64. The van der Waals surface area contributed by atoms with E-state index < -0.39 is 18.3 Å². The second-order valence-electron chi connectivity index (χ2n) is 4.20. The molecule has 17 heavy (non-hydrogen) atoms. The van der Waals surface area contributed by atoms with E-state index in [9.17, 15) is 13.2 Å². The number of nitrogens with zero attached hydrogens (tertiary/aromatic N) is 1. The molecule has 1 aliphatic heterocycles. The van der Waals surface area contributed by atoms with Crippen LogP contribution < -0.4 is 0 Å². The Morgan fingerprint density at radius 2 is 2.18 bits per heavy atom. The van der Waals surface area contributed by atoms with E-state index >= 15 is 0 Å². The number of hydrogen-bond donors (Lipinski definition) is 0. The highest BCUT2D eigenvalue weighted by Crippen LogP contribution is 2.20. The molecule has 1 aliphatic rings. The van der Waals surface area contributed by atoms with Crippen molar-refractivity contribution in [1.29, 1.82) is 0 Å². The lowest BCUT2D eigenvalue weighted by molar-refractivity contribution is 0.459. The third-order valence-electron chi connectivity index (χ3n) is 2.55. The minimum atomic E-state index is -1.19. The van der Waals surface area contributed by atoms with E-state index in [4.69, 9.17) is 0 Å². The summed E-state index contributed by atoms with van der Waals surface area (Å²) < 4.78 is 37.8. The van der Waals surface area contributed by atoms with Crippen molar-refractivity contribution in [2.75, 3.05) is 13.2 Å². The van der Waals surface area contributed by atoms with Crippen LogP contribution in [0.15, 0.2) is 41.0 Å². The fourth-order valence-corrected chi connectivity index (χ4v) is 1.64. The summed E-state index contributed by atoms with van der Waals surface area (Å²) in [6.07, 6.45) is 3.64. The molecule has 0 aromatic heterocycles. The normalized spacial score (nSPS) is 22.4. The first-order valence-corrected chi connectivity index (χ1v) is 5.54. The summed E-state index contributed by atoms with van der Waals surface area (Å²) in [5.74, 6) is -1.15. The quantitative estimate of drug-likeness (QED) is 0.659. The maximum Gasteiger partial charge on any atom is 0.141 e. The van der Waals surface area contributed by atoms with Crippen molar-refractivity contribution < 1.29 is 13.2 Å². The van der Waals surface area contributed by atoms with E-state index in [1.165, 1.54) is 0 Å². The van der Waals surface area contributed by atoms with Crippen molar-refractivity contribution >= 4 is 5.71 Å². The number of allylic oxidation sites excluding steroid dienone is 5. The summed E-state index contributed by atoms with van der Waals surface area (Å²) in [5.41, 5.74) is 0.894. The molecule has 0 saturated heterocycles. The molecule has 0 amide bonds. The standard InChI is InChI=1S/C13H16F3N/c1-9-3-4-13(17-8-9)11(5-10(2)15)6-12(16)7-14/h5-6,9H,2-4,7-8H2,1H3/b11-5+,12-6+. The maximum absolute atomic E-state index is 12.9. The lowest BCUT2D eigenvalue weighted by Gasteiger charge is -2.18. The predicted molar refractivity (Wildman–Crippen MR) is 64.2 cm³/mol. The largest absolute Gasteiger partial charge is 0.289 e. The van der Waals surface area contributed by atoms with Crippen molar-refractivity contribution in [3.8, 4) is 0 Å². The lowest BCUT2D eigenvalue weighted by atomic mass is 9.95. The molecular formula is C13H16F3N. The van der Waals surface area contributed by atoms with Gasteiger partial charge in [-0.05, 0) is 30.9 Å². The molecule has 1 atom stereocenters.